The molecule has 0 aliphatic heterocycles. The zero-order chi connectivity index (χ0) is 15.8. The summed E-state index contributed by atoms with van der Waals surface area (Å²) in [7, 11) is 0. The Morgan fingerprint density at radius 1 is 0.857 bits per heavy atom. The molecule has 0 aliphatic rings. The summed E-state index contributed by atoms with van der Waals surface area (Å²) in [6, 6.07) is 0. The molecule has 0 amide bonds. The van der Waals surface area contributed by atoms with Crippen molar-refractivity contribution in [1.29, 1.82) is 0 Å². The number of hydrogen-bond acceptors (Lipinski definition) is 2. The molecular formula is C18H35ClO2. The van der Waals surface area contributed by atoms with Crippen molar-refractivity contribution in [2.45, 2.75) is 103 Å². The van der Waals surface area contributed by atoms with Gasteiger partial charge in [0.05, 0.1) is 13.0 Å². The van der Waals surface area contributed by atoms with Crippen molar-refractivity contribution >= 4 is 17.6 Å². The number of carbonyl (C=O) groups is 1. The lowest BCUT2D eigenvalue weighted by Crippen LogP contribution is -2.10. The quantitative estimate of drug-likeness (QED) is 0.203. The van der Waals surface area contributed by atoms with Crippen LogP contribution in [0.15, 0.2) is 0 Å². The van der Waals surface area contributed by atoms with E-state index in [2.05, 4.69) is 6.92 Å². The molecule has 21 heavy (non-hydrogen) atoms. The monoisotopic (exact) mass is 318 g/mol. The SMILES string of the molecule is CCCCCCCCCCCCCCOC(=O)CC(C)Cl. The summed E-state index contributed by atoms with van der Waals surface area (Å²) in [5, 5.41) is -0.125. The maximum Gasteiger partial charge on any atom is 0.307 e. The molecule has 3 heteroatoms. The van der Waals surface area contributed by atoms with Crippen LogP contribution in [0.1, 0.15) is 97.3 Å². The first-order valence-corrected chi connectivity index (χ1v) is 9.40. The summed E-state index contributed by atoms with van der Waals surface area (Å²) in [5.74, 6) is -0.166. The lowest BCUT2D eigenvalue weighted by atomic mass is 10.1. The van der Waals surface area contributed by atoms with Crippen molar-refractivity contribution in [3.05, 3.63) is 0 Å². The van der Waals surface area contributed by atoms with E-state index >= 15 is 0 Å². The maximum atomic E-state index is 11.2. The van der Waals surface area contributed by atoms with Crippen molar-refractivity contribution in [3.63, 3.8) is 0 Å². The average molecular weight is 319 g/mol. The third-order valence-corrected chi connectivity index (χ3v) is 3.86. The van der Waals surface area contributed by atoms with Crippen LogP contribution < -0.4 is 0 Å². The van der Waals surface area contributed by atoms with Crippen molar-refractivity contribution in [3.8, 4) is 0 Å². The Balaban J connectivity index is 3.07. The van der Waals surface area contributed by atoms with E-state index < -0.39 is 0 Å². The Morgan fingerprint density at radius 2 is 1.29 bits per heavy atom. The van der Waals surface area contributed by atoms with E-state index in [1.165, 1.54) is 70.6 Å². The van der Waals surface area contributed by atoms with Gasteiger partial charge in [0.2, 0.25) is 0 Å². The van der Waals surface area contributed by atoms with E-state index in [0.29, 0.717) is 13.0 Å². The second kappa shape index (κ2) is 16.1. The third kappa shape index (κ3) is 17.7. The van der Waals surface area contributed by atoms with Crippen molar-refractivity contribution < 1.29 is 9.53 Å². The highest BCUT2D eigenvalue weighted by atomic mass is 35.5. The van der Waals surface area contributed by atoms with E-state index in [1.807, 2.05) is 6.92 Å². The smallest absolute Gasteiger partial charge is 0.307 e. The summed E-state index contributed by atoms with van der Waals surface area (Å²) >= 11 is 5.73. The first-order valence-electron chi connectivity index (χ1n) is 8.96. The van der Waals surface area contributed by atoms with Crippen LogP contribution in [0.3, 0.4) is 0 Å². The van der Waals surface area contributed by atoms with Crippen molar-refractivity contribution in [1.82, 2.24) is 0 Å². The molecule has 126 valence electrons. The van der Waals surface area contributed by atoms with Crippen LogP contribution in [0, 0.1) is 0 Å². The predicted octanol–water partition coefficient (Wildman–Crippen LogP) is 6.25. The number of hydrogen-bond donors (Lipinski definition) is 0. The predicted molar refractivity (Wildman–Crippen MR) is 92.0 cm³/mol. The molecule has 0 bridgehead atoms. The fourth-order valence-corrected chi connectivity index (χ4v) is 2.54. The van der Waals surface area contributed by atoms with Gasteiger partial charge in [0.15, 0.2) is 0 Å². The third-order valence-electron chi connectivity index (χ3n) is 3.71. The van der Waals surface area contributed by atoms with Gasteiger partial charge in [-0.3, -0.25) is 4.79 Å². The molecule has 1 atom stereocenters. The Bertz CT molecular complexity index is 229. The number of alkyl halides is 1. The van der Waals surface area contributed by atoms with E-state index in [-0.39, 0.29) is 11.3 Å². The maximum absolute atomic E-state index is 11.2. The molecule has 0 fully saturated rings. The van der Waals surface area contributed by atoms with Gasteiger partial charge >= 0.3 is 5.97 Å². The zero-order valence-corrected chi connectivity index (χ0v) is 14.9. The standard InChI is InChI=1S/C18H35ClO2/c1-3-4-5-6-7-8-9-10-11-12-13-14-15-21-18(20)16-17(2)19/h17H,3-16H2,1-2H3. The highest BCUT2D eigenvalue weighted by molar-refractivity contribution is 6.21. The summed E-state index contributed by atoms with van der Waals surface area (Å²) in [4.78, 5) is 11.2. The molecule has 0 radical (unpaired) electrons. The molecule has 0 aromatic rings. The number of rotatable bonds is 15. The van der Waals surface area contributed by atoms with Crippen LogP contribution in [0.2, 0.25) is 0 Å². The fourth-order valence-electron chi connectivity index (χ4n) is 2.42. The second-order valence-corrected chi connectivity index (χ2v) is 6.84. The van der Waals surface area contributed by atoms with Gasteiger partial charge in [-0.25, -0.2) is 0 Å². The molecule has 0 rings (SSSR count). The van der Waals surface area contributed by atoms with Gasteiger partial charge in [0.25, 0.3) is 0 Å². The molecule has 1 unspecified atom stereocenters. The van der Waals surface area contributed by atoms with E-state index in [0.717, 1.165) is 6.42 Å². The minimum absolute atomic E-state index is 0.125. The Hall–Kier alpha value is -0.240. The van der Waals surface area contributed by atoms with Crippen LogP contribution in [0.5, 0.6) is 0 Å². The van der Waals surface area contributed by atoms with E-state index in [1.54, 1.807) is 0 Å². The highest BCUT2D eigenvalue weighted by Gasteiger charge is 2.06. The van der Waals surface area contributed by atoms with Gasteiger partial charge in [-0.15, -0.1) is 11.6 Å². The molecule has 0 saturated heterocycles. The van der Waals surface area contributed by atoms with Crippen LogP contribution in [0.25, 0.3) is 0 Å². The minimum atomic E-state index is -0.166. The zero-order valence-electron chi connectivity index (χ0n) is 14.2. The lowest BCUT2D eigenvalue weighted by Gasteiger charge is -2.06. The minimum Gasteiger partial charge on any atom is -0.466 e. The largest absolute Gasteiger partial charge is 0.466 e. The van der Waals surface area contributed by atoms with Crippen LogP contribution >= 0.6 is 11.6 Å². The normalized spacial score (nSPS) is 12.3. The topological polar surface area (TPSA) is 26.3 Å². The van der Waals surface area contributed by atoms with Gasteiger partial charge < -0.3 is 4.74 Å². The second-order valence-electron chi connectivity index (χ2n) is 6.09. The molecule has 0 aliphatic carbocycles. The lowest BCUT2D eigenvalue weighted by molar-refractivity contribution is -0.143. The van der Waals surface area contributed by atoms with Gasteiger partial charge in [-0.1, -0.05) is 77.6 Å². The molecule has 0 aromatic heterocycles. The van der Waals surface area contributed by atoms with E-state index in [4.69, 9.17) is 16.3 Å². The average Bonchev–Trinajstić information content (AvgIpc) is 2.43. The fraction of sp³-hybridized carbons (Fsp3) is 0.944. The molecule has 0 saturated carbocycles. The van der Waals surface area contributed by atoms with Gasteiger partial charge in [0, 0.05) is 5.38 Å². The Kier molecular flexibility index (Phi) is 16.0. The van der Waals surface area contributed by atoms with Crippen LogP contribution in [0.4, 0.5) is 0 Å². The summed E-state index contributed by atoms with van der Waals surface area (Å²) in [6.45, 7) is 4.63. The van der Waals surface area contributed by atoms with E-state index in [9.17, 15) is 4.79 Å². The molecule has 0 spiro atoms. The summed E-state index contributed by atoms with van der Waals surface area (Å²) in [6.07, 6.45) is 16.2. The first kappa shape index (κ1) is 20.8. The Labute approximate surface area is 137 Å². The molecule has 0 N–H and O–H groups in total. The van der Waals surface area contributed by atoms with Gasteiger partial charge in [-0.05, 0) is 13.3 Å². The van der Waals surface area contributed by atoms with Crippen LogP contribution in [-0.4, -0.2) is 18.0 Å². The van der Waals surface area contributed by atoms with Crippen molar-refractivity contribution in [2.24, 2.45) is 0 Å². The number of unbranched alkanes of at least 4 members (excludes halogenated alkanes) is 11. The molecular weight excluding hydrogens is 284 g/mol. The summed E-state index contributed by atoms with van der Waals surface area (Å²) < 4.78 is 5.12. The molecule has 0 heterocycles. The number of halogens is 1. The van der Waals surface area contributed by atoms with Crippen LogP contribution in [-0.2, 0) is 9.53 Å². The number of carbonyl (C=O) groups excluding carboxylic acids is 1. The number of ether oxygens (including phenoxy) is 1. The van der Waals surface area contributed by atoms with Gasteiger partial charge in [0.1, 0.15) is 0 Å². The van der Waals surface area contributed by atoms with Crippen molar-refractivity contribution in [2.75, 3.05) is 6.61 Å². The highest BCUT2D eigenvalue weighted by Crippen LogP contribution is 2.12. The molecule has 0 aromatic carbocycles. The molecule has 2 nitrogen and oxygen atoms in total. The summed E-state index contributed by atoms with van der Waals surface area (Å²) in [5.41, 5.74) is 0. The first-order chi connectivity index (χ1) is 10.2. The number of esters is 1. The van der Waals surface area contributed by atoms with Gasteiger partial charge in [-0.2, -0.15) is 0 Å². The Morgan fingerprint density at radius 3 is 1.71 bits per heavy atom.